The molecule has 1 aliphatic heterocycles. The van der Waals surface area contributed by atoms with E-state index in [0.29, 0.717) is 5.75 Å². The van der Waals surface area contributed by atoms with Crippen molar-refractivity contribution in [3.05, 3.63) is 54.1 Å². The topological polar surface area (TPSA) is 58.6 Å². The highest BCUT2D eigenvalue weighted by molar-refractivity contribution is 8.00. The minimum absolute atomic E-state index is 0.0955. The smallest absolute Gasteiger partial charge is 0.238 e. The van der Waals surface area contributed by atoms with Crippen LogP contribution in [0, 0.1) is 23.2 Å². The second-order valence-corrected chi connectivity index (χ2v) is 11.5. The highest BCUT2D eigenvalue weighted by Crippen LogP contribution is 2.60. The highest BCUT2D eigenvalue weighted by atomic mass is 32.2. The normalized spacial score (nSPS) is 32.3. The maximum atomic E-state index is 13.5. The van der Waals surface area contributed by atoms with Gasteiger partial charge in [0.2, 0.25) is 11.8 Å². The van der Waals surface area contributed by atoms with Crippen LogP contribution in [0.1, 0.15) is 49.5 Å². The van der Waals surface area contributed by atoms with Crippen LogP contribution in [-0.2, 0) is 9.59 Å². The molecular weight excluding hydrogens is 432 g/mol. The predicted molar refractivity (Wildman–Crippen MR) is 131 cm³/mol. The van der Waals surface area contributed by atoms with Crippen molar-refractivity contribution in [3.8, 4) is 5.75 Å². The number of hydrogen-bond donors (Lipinski definition) is 1. The molecule has 4 aliphatic carbocycles. The maximum Gasteiger partial charge on any atom is 0.238 e. The summed E-state index contributed by atoms with van der Waals surface area (Å²) >= 11 is 1.62. The first-order valence-electron chi connectivity index (χ1n) is 12.0. The summed E-state index contributed by atoms with van der Waals surface area (Å²) in [5.74, 6) is 3.75. The molecule has 7 rings (SSSR count). The molecule has 0 unspecified atom stereocenters. The number of rotatable bonds is 5. The number of methoxy groups -OCH3 is 1. The Bertz CT molecular complexity index is 1050. The molecule has 2 aromatic rings. The molecule has 5 fully saturated rings. The van der Waals surface area contributed by atoms with Crippen LogP contribution >= 0.6 is 11.8 Å². The SMILES string of the molecule is COc1ccc(N2C(=O)CS[C@H]2c2cccc(NC(=O)C34CC5CC(CC(C5)C3)C4)c2)cc1. The van der Waals surface area contributed by atoms with Crippen LogP contribution in [0.25, 0.3) is 0 Å². The molecule has 1 atom stereocenters. The molecule has 2 aromatic carbocycles. The maximum absolute atomic E-state index is 13.5. The minimum Gasteiger partial charge on any atom is -0.497 e. The van der Waals surface area contributed by atoms with E-state index in [4.69, 9.17) is 4.74 Å². The number of nitrogens with one attached hydrogen (secondary N) is 1. The second-order valence-electron chi connectivity index (χ2n) is 10.4. The van der Waals surface area contributed by atoms with Gasteiger partial charge in [-0.15, -0.1) is 11.8 Å². The molecule has 1 saturated heterocycles. The van der Waals surface area contributed by atoms with Crippen molar-refractivity contribution in [3.63, 3.8) is 0 Å². The zero-order valence-corrected chi connectivity index (χ0v) is 19.8. The molecule has 4 bridgehead atoms. The third-order valence-electron chi connectivity index (χ3n) is 8.17. The van der Waals surface area contributed by atoms with E-state index in [2.05, 4.69) is 5.32 Å². The Morgan fingerprint density at radius 3 is 2.33 bits per heavy atom. The zero-order chi connectivity index (χ0) is 22.6. The fraction of sp³-hybridized carbons (Fsp3) is 0.481. The van der Waals surface area contributed by atoms with Gasteiger partial charge >= 0.3 is 0 Å². The van der Waals surface area contributed by atoms with Crippen LogP contribution in [0.4, 0.5) is 11.4 Å². The lowest BCUT2D eigenvalue weighted by molar-refractivity contribution is -0.140. The van der Waals surface area contributed by atoms with Gasteiger partial charge in [-0.05, 0) is 98.2 Å². The third-order valence-corrected chi connectivity index (χ3v) is 9.38. The van der Waals surface area contributed by atoms with Crippen LogP contribution in [0.15, 0.2) is 48.5 Å². The molecule has 5 aliphatic rings. The van der Waals surface area contributed by atoms with Gasteiger partial charge in [0.1, 0.15) is 11.1 Å². The van der Waals surface area contributed by atoms with Crippen molar-refractivity contribution in [1.29, 1.82) is 0 Å². The average Bonchev–Trinajstić information content (AvgIpc) is 3.20. The van der Waals surface area contributed by atoms with E-state index in [1.165, 1.54) is 19.3 Å². The van der Waals surface area contributed by atoms with Crippen LogP contribution in [0.2, 0.25) is 0 Å². The van der Waals surface area contributed by atoms with Gasteiger partial charge in [-0.3, -0.25) is 14.5 Å². The quantitative estimate of drug-likeness (QED) is 0.626. The number of benzene rings is 2. The van der Waals surface area contributed by atoms with Gasteiger partial charge in [0, 0.05) is 11.4 Å². The molecule has 5 nitrogen and oxygen atoms in total. The van der Waals surface area contributed by atoms with Gasteiger partial charge in [-0.25, -0.2) is 0 Å². The summed E-state index contributed by atoms with van der Waals surface area (Å²) in [5, 5.41) is 3.17. The van der Waals surface area contributed by atoms with E-state index in [1.54, 1.807) is 18.9 Å². The number of amides is 2. The van der Waals surface area contributed by atoms with Gasteiger partial charge in [-0.2, -0.15) is 0 Å². The van der Waals surface area contributed by atoms with Gasteiger partial charge in [-0.1, -0.05) is 12.1 Å². The number of hydrogen-bond acceptors (Lipinski definition) is 4. The summed E-state index contributed by atoms with van der Waals surface area (Å²) < 4.78 is 5.26. The molecule has 0 spiro atoms. The summed E-state index contributed by atoms with van der Waals surface area (Å²) in [6.07, 6.45) is 7.16. The lowest BCUT2D eigenvalue weighted by Crippen LogP contribution is -2.51. The Morgan fingerprint density at radius 1 is 1.03 bits per heavy atom. The van der Waals surface area contributed by atoms with E-state index in [9.17, 15) is 9.59 Å². The summed E-state index contributed by atoms with van der Waals surface area (Å²) in [6.45, 7) is 0. The van der Waals surface area contributed by atoms with Crippen molar-refractivity contribution >= 4 is 35.0 Å². The predicted octanol–water partition coefficient (Wildman–Crippen LogP) is 5.63. The van der Waals surface area contributed by atoms with Crippen molar-refractivity contribution in [2.75, 3.05) is 23.1 Å². The third kappa shape index (κ3) is 3.72. The summed E-state index contributed by atoms with van der Waals surface area (Å²) in [7, 11) is 1.64. The first-order valence-corrected chi connectivity index (χ1v) is 13.1. The molecule has 4 saturated carbocycles. The van der Waals surface area contributed by atoms with Crippen molar-refractivity contribution in [2.24, 2.45) is 23.2 Å². The van der Waals surface area contributed by atoms with Crippen LogP contribution in [0.3, 0.4) is 0 Å². The molecular formula is C27H30N2O3S. The summed E-state index contributed by atoms with van der Waals surface area (Å²) in [5.41, 5.74) is 2.56. The van der Waals surface area contributed by atoms with Crippen molar-refractivity contribution in [1.82, 2.24) is 0 Å². The highest BCUT2D eigenvalue weighted by Gasteiger charge is 2.54. The van der Waals surface area contributed by atoms with E-state index < -0.39 is 0 Å². The van der Waals surface area contributed by atoms with Crippen molar-refractivity contribution < 1.29 is 14.3 Å². The Kier molecular flexibility index (Phi) is 5.17. The van der Waals surface area contributed by atoms with Crippen LogP contribution in [-0.4, -0.2) is 24.7 Å². The monoisotopic (exact) mass is 462 g/mol. The second kappa shape index (κ2) is 8.08. The van der Waals surface area contributed by atoms with Gasteiger partial charge in [0.05, 0.1) is 18.3 Å². The van der Waals surface area contributed by atoms with Gasteiger partial charge < -0.3 is 10.1 Å². The van der Waals surface area contributed by atoms with Crippen LogP contribution in [0.5, 0.6) is 5.75 Å². The first-order chi connectivity index (χ1) is 16.0. The van der Waals surface area contributed by atoms with Crippen LogP contribution < -0.4 is 15.0 Å². The molecule has 6 heteroatoms. The molecule has 172 valence electrons. The molecule has 2 amide bonds. The van der Waals surface area contributed by atoms with E-state index in [1.807, 2.05) is 53.4 Å². The molecule has 33 heavy (non-hydrogen) atoms. The number of ether oxygens (including phenoxy) is 1. The Balaban J connectivity index is 1.22. The summed E-state index contributed by atoms with van der Waals surface area (Å²) in [4.78, 5) is 28.1. The molecule has 0 radical (unpaired) electrons. The van der Waals surface area contributed by atoms with E-state index in [0.717, 1.165) is 59.7 Å². The molecule has 1 N–H and O–H groups in total. The van der Waals surface area contributed by atoms with Crippen molar-refractivity contribution in [2.45, 2.75) is 43.9 Å². The van der Waals surface area contributed by atoms with Gasteiger partial charge in [0.25, 0.3) is 0 Å². The number of carbonyl (C=O) groups is 2. The lowest BCUT2D eigenvalue weighted by atomic mass is 9.49. The Labute approximate surface area is 199 Å². The average molecular weight is 463 g/mol. The van der Waals surface area contributed by atoms with E-state index >= 15 is 0 Å². The fourth-order valence-electron chi connectivity index (χ4n) is 7.12. The number of carbonyl (C=O) groups excluding carboxylic acids is 2. The van der Waals surface area contributed by atoms with Gasteiger partial charge in [0.15, 0.2) is 0 Å². The number of thioether (sulfide) groups is 1. The summed E-state index contributed by atoms with van der Waals surface area (Å²) in [6, 6.07) is 15.7. The zero-order valence-electron chi connectivity index (χ0n) is 19.0. The first kappa shape index (κ1) is 21.1. The largest absolute Gasteiger partial charge is 0.497 e. The number of nitrogens with zero attached hydrogens (tertiary/aromatic N) is 1. The number of anilines is 2. The van der Waals surface area contributed by atoms with E-state index in [-0.39, 0.29) is 22.6 Å². The minimum atomic E-state index is -0.169. The standard InChI is InChI=1S/C27H30N2O3S/c1-32-23-7-5-22(6-8-23)29-24(30)16-33-25(29)20-3-2-4-21(12-20)28-26(31)27-13-17-9-18(14-27)11-19(10-17)15-27/h2-8,12,17-19,25H,9-11,13-16H2,1H3,(H,28,31)/t17?,18?,19?,25-,27?/m0/s1. The lowest BCUT2D eigenvalue weighted by Gasteiger charge is -2.55. The fourth-order valence-corrected chi connectivity index (χ4v) is 8.28. The molecule has 1 heterocycles. The molecule has 0 aromatic heterocycles. The Hall–Kier alpha value is -2.47. The Morgan fingerprint density at radius 2 is 1.70 bits per heavy atom.